The Morgan fingerprint density at radius 3 is 2.45 bits per heavy atom. The molecule has 3 rings (SSSR count). The molecule has 0 radical (unpaired) electrons. The van der Waals surface area contributed by atoms with Gasteiger partial charge < -0.3 is 4.74 Å². The lowest BCUT2D eigenvalue weighted by Crippen LogP contribution is -2.09. The fraction of sp³-hybridized carbons (Fsp3) is 0.312. The molecule has 0 saturated carbocycles. The summed E-state index contributed by atoms with van der Waals surface area (Å²) in [6.07, 6.45) is -2.19. The molecular weight excluding hydrogens is 313 g/mol. The summed E-state index contributed by atoms with van der Waals surface area (Å²) in [6, 6.07) is 4.50. The normalized spacial score (nSPS) is 14.8. The molecule has 0 unspecified atom stereocenters. The number of halogens is 3. The SMILES string of the molecule is Cc1sc(Oc2ccc(C(F)(F)F)cc2)c2c1CCCC2=O. The smallest absolute Gasteiger partial charge is 0.416 e. The first-order chi connectivity index (χ1) is 10.4. The first kappa shape index (κ1) is 15.1. The molecule has 1 aliphatic rings. The van der Waals surface area contributed by atoms with Gasteiger partial charge in [0.1, 0.15) is 5.75 Å². The van der Waals surface area contributed by atoms with E-state index in [1.165, 1.54) is 23.5 Å². The number of rotatable bonds is 2. The molecule has 1 aromatic heterocycles. The lowest BCUT2D eigenvalue weighted by molar-refractivity contribution is -0.137. The molecule has 0 atom stereocenters. The molecule has 0 saturated heterocycles. The number of hydrogen-bond donors (Lipinski definition) is 0. The minimum Gasteiger partial charge on any atom is -0.446 e. The fourth-order valence-corrected chi connectivity index (χ4v) is 3.66. The molecule has 2 nitrogen and oxygen atoms in total. The van der Waals surface area contributed by atoms with Crippen LogP contribution in [0.2, 0.25) is 0 Å². The van der Waals surface area contributed by atoms with E-state index < -0.39 is 11.7 Å². The van der Waals surface area contributed by atoms with Crippen LogP contribution in [-0.4, -0.2) is 5.78 Å². The van der Waals surface area contributed by atoms with Crippen molar-refractivity contribution in [2.75, 3.05) is 0 Å². The van der Waals surface area contributed by atoms with E-state index in [1.54, 1.807) is 0 Å². The highest BCUT2D eigenvalue weighted by molar-refractivity contribution is 7.14. The Morgan fingerprint density at radius 2 is 1.82 bits per heavy atom. The van der Waals surface area contributed by atoms with Gasteiger partial charge in [0, 0.05) is 11.3 Å². The summed E-state index contributed by atoms with van der Waals surface area (Å²) >= 11 is 1.37. The number of ether oxygens (including phenoxy) is 1. The number of ketones is 1. The van der Waals surface area contributed by atoms with Crippen molar-refractivity contribution in [2.45, 2.75) is 32.4 Å². The van der Waals surface area contributed by atoms with Crippen molar-refractivity contribution in [3.63, 3.8) is 0 Å². The summed E-state index contributed by atoms with van der Waals surface area (Å²) < 4.78 is 43.3. The largest absolute Gasteiger partial charge is 0.446 e. The van der Waals surface area contributed by atoms with Gasteiger partial charge in [-0.1, -0.05) is 0 Å². The third-order valence-electron chi connectivity index (χ3n) is 3.68. The van der Waals surface area contributed by atoms with Gasteiger partial charge in [-0.25, -0.2) is 0 Å². The summed E-state index contributed by atoms with van der Waals surface area (Å²) in [6.45, 7) is 1.93. The molecule has 0 bridgehead atoms. The van der Waals surface area contributed by atoms with Crippen LogP contribution in [0.4, 0.5) is 13.2 Å². The number of carbonyl (C=O) groups excluding carboxylic acids is 1. The van der Waals surface area contributed by atoms with E-state index in [1.807, 2.05) is 6.92 Å². The number of hydrogen-bond acceptors (Lipinski definition) is 3. The van der Waals surface area contributed by atoms with Crippen molar-refractivity contribution in [3.05, 3.63) is 45.8 Å². The van der Waals surface area contributed by atoms with Crippen molar-refractivity contribution in [1.82, 2.24) is 0 Å². The molecule has 1 heterocycles. The van der Waals surface area contributed by atoms with Crippen LogP contribution < -0.4 is 4.74 Å². The van der Waals surface area contributed by atoms with Crippen LogP contribution >= 0.6 is 11.3 Å². The van der Waals surface area contributed by atoms with Crippen LogP contribution in [0.15, 0.2) is 24.3 Å². The Labute approximate surface area is 129 Å². The number of benzene rings is 1. The van der Waals surface area contributed by atoms with E-state index in [9.17, 15) is 18.0 Å². The minimum absolute atomic E-state index is 0.0486. The van der Waals surface area contributed by atoms with Crippen LogP contribution in [-0.2, 0) is 12.6 Å². The number of fused-ring (bicyclic) bond motifs is 1. The molecule has 6 heteroatoms. The van der Waals surface area contributed by atoms with Crippen LogP contribution in [0, 0.1) is 6.92 Å². The van der Waals surface area contributed by atoms with Crippen LogP contribution in [0.5, 0.6) is 10.8 Å². The van der Waals surface area contributed by atoms with Gasteiger partial charge in [0.05, 0.1) is 11.1 Å². The van der Waals surface area contributed by atoms with E-state index in [4.69, 9.17) is 4.74 Å². The topological polar surface area (TPSA) is 26.3 Å². The summed E-state index contributed by atoms with van der Waals surface area (Å²) in [5.41, 5.74) is 0.900. The second-order valence-electron chi connectivity index (χ2n) is 5.20. The summed E-state index contributed by atoms with van der Waals surface area (Å²) in [4.78, 5) is 13.1. The average Bonchev–Trinajstić information content (AvgIpc) is 2.76. The van der Waals surface area contributed by atoms with Crippen molar-refractivity contribution in [3.8, 4) is 10.8 Å². The average molecular weight is 326 g/mol. The van der Waals surface area contributed by atoms with E-state index >= 15 is 0 Å². The van der Waals surface area contributed by atoms with E-state index in [0.29, 0.717) is 22.8 Å². The number of alkyl halides is 3. The number of carbonyl (C=O) groups is 1. The Bertz CT molecular complexity index is 714. The Balaban J connectivity index is 1.89. The summed E-state index contributed by atoms with van der Waals surface area (Å²) in [7, 11) is 0. The molecule has 1 aromatic carbocycles. The van der Waals surface area contributed by atoms with Gasteiger partial charge in [0.2, 0.25) is 0 Å². The second kappa shape index (κ2) is 5.43. The van der Waals surface area contributed by atoms with Gasteiger partial charge in [-0.3, -0.25) is 4.79 Å². The molecule has 22 heavy (non-hydrogen) atoms. The van der Waals surface area contributed by atoms with Crippen molar-refractivity contribution in [2.24, 2.45) is 0 Å². The van der Waals surface area contributed by atoms with Gasteiger partial charge in [0.15, 0.2) is 10.8 Å². The molecule has 0 fully saturated rings. The number of thiophene rings is 1. The van der Waals surface area contributed by atoms with Crippen molar-refractivity contribution < 1.29 is 22.7 Å². The molecule has 0 spiro atoms. The zero-order valence-corrected chi connectivity index (χ0v) is 12.6. The fourth-order valence-electron chi connectivity index (χ4n) is 2.58. The zero-order valence-electron chi connectivity index (χ0n) is 11.8. The maximum Gasteiger partial charge on any atom is 0.416 e. The third kappa shape index (κ3) is 2.75. The zero-order chi connectivity index (χ0) is 15.9. The van der Waals surface area contributed by atoms with E-state index in [-0.39, 0.29) is 5.78 Å². The predicted molar refractivity (Wildman–Crippen MR) is 77.8 cm³/mol. The van der Waals surface area contributed by atoms with Crippen molar-refractivity contribution >= 4 is 17.1 Å². The molecule has 0 amide bonds. The molecule has 0 aliphatic heterocycles. The quantitative estimate of drug-likeness (QED) is 0.740. The standard InChI is InChI=1S/C16H13F3O2S/c1-9-12-3-2-4-13(20)14(12)15(22-9)21-11-7-5-10(6-8-11)16(17,18)19/h5-8H,2-4H2,1H3. The highest BCUT2D eigenvalue weighted by atomic mass is 32.1. The van der Waals surface area contributed by atoms with Crippen molar-refractivity contribution in [1.29, 1.82) is 0 Å². The van der Waals surface area contributed by atoms with Gasteiger partial charge >= 0.3 is 6.18 Å². The maximum atomic E-state index is 12.5. The minimum atomic E-state index is -4.37. The van der Waals surface area contributed by atoms with Crippen LogP contribution in [0.25, 0.3) is 0 Å². The lowest BCUT2D eigenvalue weighted by Gasteiger charge is -2.13. The second-order valence-corrected chi connectivity index (χ2v) is 6.39. The van der Waals surface area contributed by atoms with Gasteiger partial charge in [0.25, 0.3) is 0 Å². The molecule has 2 aromatic rings. The molecule has 1 aliphatic carbocycles. The highest BCUT2D eigenvalue weighted by Gasteiger charge is 2.30. The summed E-state index contributed by atoms with van der Waals surface area (Å²) in [5.74, 6) is 0.350. The Hall–Kier alpha value is -1.82. The Kier molecular flexibility index (Phi) is 3.72. The lowest BCUT2D eigenvalue weighted by atomic mass is 9.92. The monoisotopic (exact) mass is 326 g/mol. The maximum absolute atomic E-state index is 12.5. The van der Waals surface area contributed by atoms with Crippen LogP contribution in [0.3, 0.4) is 0 Å². The van der Waals surface area contributed by atoms with E-state index in [2.05, 4.69) is 0 Å². The number of aryl methyl sites for hydroxylation is 1. The van der Waals surface area contributed by atoms with Crippen LogP contribution in [0.1, 0.15) is 39.2 Å². The van der Waals surface area contributed by atoms with Gasteiger partial charge in [-0.2, -0.15) is 13.2 Å². The number of Topliss-reactive ketones (excluding diaryl/α,β-unsaturated/α-hetero) is 1. The van der Waals surface area contributed by atoms with Gasteiger partial charge in [-0.15, -0.1) is 11.3 Å². The first-order valence-corrected chi connectivity index (χ1v) is 7.68. The molecule has 116 valence electrons. The predicted octanol–water partition coefficient (Wildman–Crippen LogP) is 5.39. The third-order valence-corrected chi connectivity index (χ3v) is 4.70. The van der Waals surface area contributed by atoms with Gasteiger partial charge in [-0.05, 0) is 49.6 Å². The summed E-state index contributed by atoms with van der Waals surface area (Å²) in [5, 5.41) is 0.483. The highest BCUT2D eigenvalue weighted by Crippen LogP contribution is 2.42. The first-order valence-electron chi connectivity index (χ1n) is 6.87. The molecular formula is C16H13F3O2S. The molecule has 0 N–H and O–H groups in total. The van der Waals surface area contributed by atoms with E-state index in [0.717, 1.165) is 35.4 Å². The Morgan fingerprint density at radius 1 is 1.14 bits per heavy atom.